The third kappa shape index (κ3) is 3.35. The zero-order chi connectivity index (χ0) is 22.4. The van der Waals surface area contributed by atoms with E-state index in [4.69, 9.17) is 9.47 Å². The summed E-state index contributed by atoms with van der Waals surface area (Å²) in [6.45, 7) is 6.72. The fourth-order valence-corrected chi connectivity index (χ4v) is 5.87. The largest absolute Gasteiger partial charge is 0.376 e. The molecular weight excluding hydrogens is 394 g/mol. The van der Waals surface area contributed by atoms with Gasteiger partial charge < -0.3 is 14.4 Å². The van der Waals surface area contributed by atoms with E-state index < -0.39 is 0 Å². The van der Waals surface area contributed by atoms with Crippen molar-refractivity contribution in [2.75, 3.05) is 19.1 Å². The summed E-state index contributed by atoms with van der Waals surface area (Å²) in [7, 11) is 3.66. The molecule has 3 aromatic rings. The summed E-state index contributed by atoms with van der Waals surface area (Å²) in [5.41, 5.74) is 10.4. The van der Waals surface area contributed by atoms with Gasteiger partial charge in [-0.15, -0.1) is 0 Å². The van der Waals surface area contributed by atoms with Crippen LogP contribution >= 0.6 is 0 Å². The van der Waals surface area contributed by atoms with Crippen LogP contribution in [0.3, 0.4) is 0 Å². The molecule has 0 aliphatic heterocycles. The number of anilines is 3. The lowest BCUT2D eigenvalue weighted by molar-refractivity contribution is 0.0695. The first-order valence-electron chi connectivity index (χ1n) is 11.7. The van der Waals surface area contributed by atoms with Crippen molar-refractivity contribution in [3.05, 3.63) is 88.5 Å². The number of fused-ring (bicyclic) bond motifs is 2. The van der Waals surface area contributed by atoms with Gasteiger partial charge in [-0.3, -0.25) is 0 Å². The van der Waals surface area contributed by atoms with Crippen molar-refractivity contribution in [3.63, 3.8) is 0 Å². The van der Waals surface area contributed by atoms with Gasteiger partial charge in [0.25, 0.3) is 0 Å². The molecule has 3 aromatic carbocycles. The standard InChI is InChI=1S/C29H33NO2/c1-18-12-14-21(15-13-18)30(26-10-6-8-22-24(26)16-19(2)28(22)31-4)27-11-7-9-23-25(27)17-20(3)29(23)32-5/h6-15,19-20,28-29H,16-17H2,1-5H3. The van der Waals surface area contributed by atoms with Crippen molar-refractivity contribution >= 4 is 17.1 Å². The molecule has 4 atom stereocenters. The van der Waals surface area contributed by atoms with E-state index in [0.29, 0.717) is 11.8 Å². The second-order valence-electron chi connectivity index (χ2n) is 9.54. The molecule has 0 aromatic heterocycles. The fourth-order valence-electron chi connectivity index (χ4n) is 5.87. The van der Waals surface area contributed by atoms with E-state index in [0.717, 1.165) is 12.8 Å². The van der Waals surface area contributed by atoms with Crippen molar-refractivity contribution in [1.82, 2.24) is 0 Å². The summed E-state index contributed by atoms with van der Waals surface area (Å²) in [5.74, 6) is 0.936. The number of hydrogen-bond donors (Lipinski definition) is 0. The van der Waals surface area contributed by atoms with Crippen molar-refractivity contribution in [2.45, 2.75) is 45.8 Å². The number of methoxy groups -OCH3 is 2. The molecule has 0 spiro atoms. The molecule has 3 heteroatoms. The van der Waals surface area contributed by atoms with Gasteiger partial charge in [0.05, 0.1) is 12.2 Å². The molecule has 3 nitrogen and oxygen atoms in total. The Morgan fingerprint density at radius 3 is 1.59 bits per heavy atom. The predicted octanol–water partition coefficient (Wildman–Crippen LogP) is 7.22. The third-order valence-corrected chi connectivity index (χ3v) is 7.36. The molecule has 0 N–H and O–H groups in total. The Hall–Kier alpha value is -2.62. The van der Waals surface area contributed by atoms with Crippen molar-refractivity contribution in [3.8, 4) is 0 Å². The van der Waals surface area contributed by atoms with Crippen LogP contribution < -0.4 is 4.90 Å². The zero-order valence-electron chi connectivity index (χ0n) is 19.8. The Bertz CT molecular complexity index is 1050. The Balaban J connectivity index is 1.72. The van der Waals surface area contributed by atoms with Crippen LogP contribution in [0.15, 0.2) is 60.7 Å². The fraction of sp³-hybridized carbons (Fsp3) is 0.379. The first-order valence-corrected chi connectivity index (χ1v) is 11.7. The summed E-state index contributed by atoms with van der Waals surface area (Å²) in [5, 5.41) is 0. The molecule has 4 unspecified atom stereocenters. The Labute approximate surface area is 192 Å². The summed E-state index contributed by atoms with van der Waals surface area (Å²) < 4.78 is 11.8. The monoisotopic (exact) mass is 427 g/mol. The molecule has 0 saturated heterocycles. The lowest BCUT2D eigenvalue weighted by Gasteiger charge is -2.30. The first-order chi connectivity index (χ1) is 15.5. The second-order valence-corrected chi connectivity index (χ2v) is 9.54. The van der Waals surface area contributed by atoms with Gasteiger partial charge in [0.15, 0.2) is 0 Å². The molecule has 2 aliphatic rings. The number of nitrogens with zero attached hydrogens (tertiary/aromatic N) is 1. The second kappa shape index (κ2) is 8.38. The number of hydrogen-bond acceptors (Lipinski definition) is 3. The maximum atomic E-state index is 5.89. The maximum Gasteiger partial charge on any atom is 0.0853 e. The highest BCUT2D eigenvalue weighted by Gasteiger charge is 2.35. The van der Waals surface area contributed by atoms with Gasteiger partial charge in [0.1, 0.15) is 0 Å². The molecule has 32 heavy (non-hydrogen) atoms. The minimum absolute atomic E-state index is 0.157. The summed E-state index contributed by atoms with van der Waals surface area (Å²) in [6.07, 6.45) is 2.37. The average molecular weight is 428 g/mol. The van der Waals surface area contributed by atoms with E-state index >= 15 is 0 Å². The van der Waals surface area contributed by atoms with Crippen molar-refractivity contribution in [1.29, 1.82) is 0 Å². The number of rotatable bonds is 5. The quantitative estimate of drug-likeness (QED) is 0.429. The average Bonchev–Trinajstić information content (AvgIpc) is 3.30. The summed E-state index contributed by atoms with van der Waals surface area (Å²) >= 11 is 0. The van der Waals surface area contributed by atoms with E-state index in [2.05, 4.69) is 86.3 Å². The van der Waals surface area contributed by atoms with E-state index in [1.165, 1.54) is 44.9 Å². The molecule has 0 saturated carbocycles. The Morgan fingerprint density at radius 1 is 0.688 bits per heavy atom. The van der Waals surface area contributed by atoms with E-state index in [1.54, 1.807) is 0 Å². The van der Waals surface area contributed by atoms with Crippen LogP contribution in [0.2, 0.25) is 0 Å². The Morgan fingerprint density at radius 2 is 1.16 bits per heavy atom. The highest BCUT2D eigenvalue weighted by Crippen LogP contribution is 2.49. The van der Waals surface area contributed by atoms with Crippen molar-refractivity contribution < 1.29 is 9.47 Å². The smallest absolute Gasteiger partial charge is 0.0853 e. The van der Waals surface area contributed by atoms with Gasteiger partial charge in [-0.25, -0.2) is 0 Å². The van der Waals surface area contributed by atoms with Gasteiger partial charge in [0.2, 0.25) is 0 Å². The molecule has 0 fully saturated rings. The van der Waals surface area contributed by atoms with Crippen LogP contribution in [0.25, 0.3) is 0 Å². The zero-order valence-corrected chi connectivity index (χ0v) is 19.8. The molecule has 0 bridgehead atoms. The van der Waals surface area contributed by atoms with Gasteiger partial charge in [-0.05, 0) is 78.1 Å². The van der Waals surface area contributed by atoms with Crippen LogP contribution in [0.1, 0.15) is 53.9 Å². The van der Waals surface area contributed by atoms with Crippen LogP contribution in [-0.2, 0) is 22.3 Å². The van der Waals surface area contributed by atoms with E-state index in [-0.39, 0.29) is 12.2 Å². The third-order valence-electron chi connectivity index (χ3n) is 7.36. The molecule has 5 rings (SSSR count). The molecular formula is C29H33NO2. The SMILES string of the molecule is COC1c2cccc(N(c3ccc(C)cc3)c3cccc4c3CC(C)C4OC)c2CC1C. The highest BCUT2D eigenvalue weighted by molar-refractivity contribution is 5.82. The van der Waals surface area contributed by atoms with E-state index in [1.807, 2.05) is 14.2 Å². The van der Waals surface area contributed by atoms with Crippen molar-refractivity contribution in [2.24, 2.45) is 11.8 Å². The topological polar surface area (TPSA) is 21.7 Å². The molecule has 0 amide bonds. The highest BCUT2D eigenvalue weighted by atomic mass is 16.5. The molecule has 0 radical (unpaired) electrons. The first kappa shape index (κ1) is 21.2. The van der Waals surface area contributed by atoms with Crippen LogP contribution in [0.4, 0.5) is 17.1 Å². The van der Waals surface area contributed by atoms with Gasteiger partial charge in [-0.2, -0.15) is 0 Å². The van der Waals surface area contributed by atoms with E-state index in [9.17, 15) is 0 Å². The summed E-state index contributed by atoms with van der Waals surface area (Å²) in [6, 6.07) is 22.3. The van der Waals surface area contributed by atoms with Gasteiger partial charge in [-0.1, -0.05) is 55.8 Å². The maximum absolute atomic E-state index is 5.89. The molecule has 2 aliphatic carbocycles. The minimum atomic E-state index is 0.157. The lowest BCUT2D eigenvalue weighted by Crippen LogP contribution is -2.14. The minimum Gasteiger partial charge on any atom is -0.376 e. The van der Waals surface area contributed by atoms with Gasteiger partial charge in [0, 0.05) is 31.3 Å². The Kier molecular flexibility index (Phi) is 5.56. The van der Waals surface area contributed by atoms with Crippen LogP contribution in [0.5, 0.6) is 0 Å². The van der Waals surface area contributed by atoms with Crippen LogP contribution in [-0.4, -0.2) is 14.2 Å². The normalized spacial score (nSPS) is 23.8. The number of aryl methyl sites for hydroxylation is 1. The predicted molar refractivity (Wildman–Crippen MR) is 131 cm³/mol. The molecule has 166 valence electrons. The summed E-state index contributed by atoms with van der Waals surface area (Å²) in [4.78, 5) is 2.46. The number of benzene rings is 3. The van der Waals surface area contributed by atoms with Crippen LogP contribution in [0, 0.1) is 18.8 Å². The molecule has 0 heterocycles. The lowest BCUT2D eigenvalue weighted by atomic mass is 10.0. The number of ether oxygens (including phenoxy) is 2. The van der Waals surface area contributed by atoms with Gasteiger partial charge >= 0.3 is 0 Å².